The molecule has 92 valence electrons. The summed E-state index contributed by atoms with van der Waals surface area (Å²) in [6.45, 7) is 4.39. The summed E-state index contributed by atoms with van der Waals surface area (Å²) in [5, 5.41) is 6.04. The van der Waals surface area contributed by atoms with Crippen LogP contribution >= 0.6 is 0 Å². The van der Waals surface area contributed by atoms with E-state index in [1.807, 2.05) is 24.3 Å². The fraction of sp³-hybridized carbons (Fsp3) is 0.462. The average molecular weight is 234 g/mol. The lowest BCUT2D eigenvalue weighted by atomic mass is 10.1. The Bertz CT molecular complexity index is 370. The minimum absolute atomic E-state index is 0.0595. The van der Waals surface area contributed by atoms with Gasteiger partial charge in [-0.1, -0.05) is 0 Å². The van der Waals surface area contributed by atoms with E-state index in [1.54, 1.807) is 0 Å². The Morgan fingerprint density at radius 2 is 2.24 bits per heavy atom. The van der Waals surface area contributed by atoms with Crippen LogP contribution in [0.1, 0.15) is 13.3 Å². The van der Waals surface area contributed by atoms with Gasteiger partial charge in [0.25, 0.3) is 0 Å². The second kappa shape index (κ2) is 5.68. The molecule has 0 aromatic heterocycles. The van der Waals surface area contributed by atoms with Crippen LogP contribution in [-0.4, -0.2) is 25.6 Å². The van der Waals surface area contributed by atoms with Crippen molar-refractivity contribution in [2.75, 3.05) is 25.0 Å². The number of hydrogen-bond donors (Lipinski definition) is 2. The molecule has 1 fully saturated rings. The molecule has 1 aromatic carbocycles. The molecule has 0 bridgehead atoms. The minimum Gasteiger partial charge on any atom is -0.493 e. The van der Waals surface area contributed by atoms with Crippen molar-refractivity contribution < 1.29 is 9.53 Å². The van der Waals surface area contributed by atoms with Crippen molar-refractivity contribution >= 4 is 11.6 Å². The van der Waals surface area contributed by atoms with Crippen LogP contribution in [0.15, 0.2) is 24.3 Å². The van der Waals surface area contributed by atoms with Gasteiger partial charge in [-0.05, 0) is 37.2 Å². The van der Waals surface area contributed by atoms with Gasteiger partial charge in [-0.25, -0.2) is 0 Å². The molecule has 1 aliphatic rings. The zero-order chi connectivity index (χ0) is 12.1. The molecule has 0 saturated carbocycles. The van der Waals surface area contributed by atoms with Crippen LogP contribution in [0.2, 0.25) is 0 Å². The van der Waals surface area contributed by atoms with Gasteiger partial charge in [0.1, 0.15) is 5.75 Å². The number of anilines is 1. The molecule has 2 N–H and O–H groups in total. The second-order valence-electron chi connectivity index (χ2n) is 4.38. The molecule has 0 aliphatic carbocycles. The van der Waals surface area contributed by atoms with Crippen molar-refractivity contribution in [1.29, 1.82) is 0 Å². The molecule has 1 aromatic rings. The fourth-order valence-electron chi connectivity index (χ4n) is 1.91. The smallest absolute Gasteiger partial charge is 0.221 e. The van der Waals surface area contributed by atoms with Crippen molar-refractivity contribution in [3.63, 3.8) is 0 Å². The highest BCUT2D eigenvalue weighted by molar-refractivity contribution is 5.88. The van der Waals surface area contributed by atoms with Crippen LogP contribution in [0.4, 0.5) is 5.69 Å². The highest BCUT2D eigenvalue weighted by atomic mass is 16.5. The van der Waals surface area contributed by atoms with E-state index >= 15 is 0 Å². The third-order valence-corrected chi connectivity index (χ3v) is 2.82. The molecule has 2 rings (SSSR count). The number of carbonyl (C=O) groups is 1. The summed E-state index contributed by atoms with van der Waals surface area (Å²) in [5.41, 5.74) is 0.799. The quantitative estimate of drug-likeness (QED) is 0.832. The normalized spacial score (nSPS) is 19.0. The van der Waals surface area contributed by atoms with E-state index in [1.165, 1.54) is 13.3 Å². The molecule has 4 nitrogen and oxygen atoms in total. The van der Waals surface area contributed by atoms with Gasteiger partial charge in [-0.15, -0.1) is 0 Å². The summed E-state index contributed by atoms with van der Waals surface area (Å²) in [4.78, 5) is 10.8. The molecule has 1 atom stereocenters. The molecular formula is C13H18N2O2. The fourth-order valence-corrected chi connectivity index (χ4v) is 1.91. The largest absolute Gasteiger partial charge is 0.493 e. The molecule has 1 saturated heterocycles. The number of benzene rings is 1. The Hall–Kier alpha value is -1.55. The third-order valence-electron chi connectivity index (χ3n) is 2.82. The molecule has 0 unspecified atom stereocenters. The van der Waals surface area contributed by atoms with E-state index < -0.39 is 0 Å². The first-order valence-corrected chi connectivity index (χ1v) is 5.95. The first kappa shape index (κ1) is 11.9. The predicted octanol–water partition coefficient (Wildman–Crippen LogP) is 1.63. The zero-order valence-electron chi connectivity index (χ0n) is 10.0. The summed E-state index contributed by atoms with van der Waals surface area (Å²) < 4.78 is 5.70. The number of nitrogens with one attached hydrogen (secondary N) is 2. The van der Waals surface area contributed by atoms with Gasteiger partial charge in [0.2, 0.25) is 5.91 Å². The minimum atomic E-state index is -0.0595. The van der Waals surface area contributed by atoms with Gasteiger partial charge in [-0.3, -0.25) is 4.79 Å². The molecule has 17 heavy (non-hydrogen) atoms. The monoisotopic (exact) mass is 234 g/mol. The van der Waals surface area contributed by atoms with Crippen LogP contribution in [-0.2, 0) is 4.79 Å². The van der Waals surface area contributed by atoms with E-state index in [-0.39, 0.29) is 5.91 Å². The van der Waals surface area contributed by atoms with Crippen molar-refractivity contribution in [1.82, 2.24) is 5.32 Å². The molecule has 0 spiro atoms. The van der Waals surface area contributed by atoms with E-state index in [9.17, 15) is 4.79 Å². The van der Waals surface area contributed by atoms with Gasteiger partial charge in [-0.2, -0.15) is 0 Å². The van der Waals surface area contributed by atoms with Gasteiger partial charge < -0.3 is 15.4 Å². The van der Waals surface area contributed by atoms with Crippen LogP contribution < -0.4 is 15.4 Å². The molecule has 1 amide bonds. The highest BCUT2D eigenvalue weighted by Crippen LogP contribution is 2.17. The summed E-state index contributed by atoms with van der Waals surface area (Å²) >= 11 is 0. The lowest BCUT2D eigenvalue weighted by Crippen LogP contribution is -2.15. The number of hydrogen-bond acceptors (Lipinski definition) is 3. The van der Waals surface area contributed by atoms with E-state index in [0.717, 1.165) is 31.1 Å². The second-order valence-corrected chi connectivity index (χ2v) is 4.38. The van der Waals surface area contributed by atoms with Crippen molar-refractivity contribution in [2.24, 2.45) is 5.92 Å². The van der Waals surface area contributed by atoms with Crippen molar-refractivity contribution in [2.45, 2.75) is 13.3 Å². The standard InChI is InChI=1S/C13H18N2O2/c1-10(16)15-12-2-4-13(5-3-12)17-9-11-6-7-14-8-11/h2-5,11,14H,6-9H2,1H3,(H,15,16)/t11-/m1/s1. The van der Waals surface area contributed by atoms with Gasteiger partial charge in [0, 0.05) is 25.1 Å². The van der Waals surface area contributed by atoms with Crippen LogP contribution in [0.25, 0.3) is 0 Å². The topological polar surface area (TPSA) is 50.4 Å². The van der Waals surface area contributed by atoms with Crippen LogP contribution in [0, 0.1) is 5.92 Å². The maximum atomic E-state index is 10.8. The molecule has 0 radical (unpaired) electrons. The first-order valence-electron chi connectivity index (χ1n) is 5.95. The van der Waals surface area contributed by atoms with Crippen LogP contribution in [0.3, 0.4) is 0 Å². The molecule has 1 heterocycles. The van der Waals surface area contributed by atoms with E-state index in [2.05, 4.69) is 10.6 Å². The van der Waals surface area contributed by atoms with Crippen molar-refractivity contribution in [3.05, 3.63) is 24.3 Å². The lowest BCUT2D eigenvalue weighted by molar-refractivity contribution is -0.114. The van der Waals surface area contributed by atoms with E-state index in [4.69, 9.17) is 4.74 Å². The Balaban J connectivity index is 1.82. The van der Waals surface area contributed by atoms with Crippen molar-refractivity contribution in [3.8, 4) is 5.75 Å². The maximum absolute atomic E-state index is 10.8. The number of rotatable bonds is 4. The maximum Gasteiger partial charge on any atom is 0.221 e. The number of amides is 1. The predicted molar refractivity (Wildman–Crippen MR) is 67.2 cm³/mol. The first-order chi connectivity index (χ1) is 8.24. The van der Waals surface area contributed by atoms with Gasteiger partial charge in [0.05, 0.1) is 6.61 Å². The van der Waals surface area contributed by atoms with Crippen LogP contribution in [0.5, 0.6) is 5.75 Å². The van der Waals surface area contributed by atoms with E-state index in [0.29, 0.717) is 5.92 Å². The highest BCUT2D eigenvalue weighted by Gasteiger charge is 2.14. The Morgan fingerprint density at radius 3 is 2.82 bits per heavy atom. The Morgan fingerprint density at radius 1 is 1.47 bits per heavy atom. The molecule has 1 aliphatic heterocycles. The van der Waals surface area contributed by atoms with Gasteiger partial charge >= 0.3 is 0 Å². The summed E-state index contributed by atoms with van der Waals surface area (Å²) in [7, 11) is 0. The zero-order valence-corrected chi connectivity index (χ0v) is 10.0. The Kier molecular flexibility index (Phi) is 3.98. The average Bonchev–Trinajstić information content (AvgIpc) is 2.80. The SMILES string of the molecule is CC(=O)Nc1ccc(OC[C@@H]2CCNC2)cc1. The summed E-state index contributed by atoms with van der Waals surface area (Å²) in [6, 6.07) is 7.47. The molecular weight excluding hydrogens is 216 g/mol. The number of carbonyl (C=O) groups excluding carboxylic acids is 1. The summed E-state index contributed by atoms with van der Waals surface area (Å²) in [5.74, 6) is 1.41. The summed E-state index contributed by atoms with van der Waals surface area (Å²) in [6.07, 6.45) is 1.18. The van der Waals surface area contributed by atoms with Gasteiger partial charge in [0.15, 0.2) is 0 Å². The molecule has 4 heteroatoms. The number of ether oxygens (including phenoxy) is 1. The lowest BCUT2D eigenvalue weighted by Gasteiger charge is -2.11. The Labute approximate surface area is 101 Å². The third kappa shape index (κ3) is 3.75.